The van der Waals surface area contributed by atoms with Crippen molar-refractivity contribution in [3.8, 4) is 0 Å². The van der Waals surface area contributed by atoms with E-state index in [0.717, 1.165) is 37.0 Å². The zero-order valence-electron chi connectivity index (χ0n) is 12.0. The highest BCUT2D eigenvalue weighted by Gasteiger charge is 2.35. The highest BCUT2D eigenvalue weighted by Crippen LogP contribution is 2.40. The minimum Gasteiger partial charge on any atom is -0.477 e. The van der Waals surface area contributed by atoms with E-state index in [1.807, 2.05) is 6.26 Å². The Hall–Kier alpha value is -0.570. The van der Waals surface area contributed by atoms with Crippen LogP contribution in [-0.2, 0) is 10.0 Å². The monoisotopic (exact) mass is 349 g/mol. The van der Waals surface area contributed by atoms with E-state index in [0.29, 0.717) is 12.1 Å². The van der Waals surface area contributed by atoms with Crippen molar-refractivity contribution < 1.29 is 18.3 Å². The molecule has 0 radical (unpaired) electrons. The summed E-state index contributed by atoms with van der Waals surface area (Å²) in [5.74, 6) is -1.20. The lowest BCUT2D eigenvalue weighted by Crippen LogP contribution is -2.38. The van der Waals surface area contributed by atoms with E-state index < -0.39 is 16.0 Å². The molecule has 1 saturated carbocycles. The van der Waals surface area contributed by atoms with E-state index in [4.69, 9.17) is 5.11 Å². The van der Waals surface area contributed by atoms with Gasteiger partial charge in [0.05, 0.1) is 0 Å². The summed E-state index contributed by atoms with van der Waals surface area (Å²) < 4.78 is 27.5. The molecule has 0 bridgehead atoms. The second kappa shape index (κ2) is 6.28. The van der Waals surface area contributed by atoms with Crippen molar-refractivity contribution in [1.82, 2.24) is 4.72 Å². The van der Waals surface area contributed by atoms with Gasteiger partial charge in [0, 0.05) is 11.3 Å². The molecule has 1 fully saturated rings. The van der Waals surface area contributed by atoms with E-state index in [9.17, 15) is 13.2 Å². The van der Waals surface area contributed by atoms with Crippen LogP contribution in [0, 0.1) is 6.92 Å². The molecule has 1 heterocycles. The molecule has 2 rings (SSSR count). The maximum absolute atomic E-state index is 12.5. The minimum absolute atomic E-state index is 0.0552. The van der Waals surface area contributed by atoms with E-state index in [1.165, 1.54) is 0 Å². The number of rotatable bonds is 6. The van der Waals surface area contributed by atoms with Crippen molar-refractivity contribution in [2.45, 2.75) is 42.2 Å². The summed E-state index contributed by atoms with van der Waals surface area (Å²) >= 11 is 2.64. The van der Waals surface area contributed by atoms with Crippen molar-refractivity contribution in [3.05, 3.63) is 15.8 Å². The second-order valence-corrected chi connectivity index (χ2v) is 9.16. The molecular formula is C13H19NO4S3. The molecule has 0 spiro atoms. The largest absolute Gasteiger partial charge is 0.477 e. The molecule has 2 N–H and O–H groups in total. The Labute approximate surface area is 133 Å². The fourth-order valence-corrected chi connectivity index (χ4v) is 6.45. The van der Waals surface area contributed by atoms with E-state index in [1.54, 1.807) is 24.1 Å². The molecule has 5 nitrogen and oxygen atoms in total. The van der Waals surface area contributed by atoms with Gasteiger partial charge in [0.1, 0.15) is 9.77 Å². The lowest BCUT2D eigenvalue weighted by Gasteiger charge is -2.26. The average Bonchev–Trinajstić information content (AvgIpc) is 3.04. The van der Waals surface area contributed by atoms with Gasteiger partial charge in [-0.05, 0) is 37.0 Å². The molecule has 8 heteroatoms. The Balaban J connectivity index is 2.23. The van der Waals surface area contributed by atoms with Crippen LogP contribution in [0.15, 0.2) is 10.3 Å². The molecule has 1 aromatic heterocycles. The third-order valence-corrected chi connectivity index (χ3v) is 8.13. The van der Waals surface area contributed by atoms with Crippen molar-refractivity contribution in [1.29, 1.82) is 0 Å². The van der Waals surface area contributed by atoms with Gasteiger partial charge in [-0.25, -0.2) is 17.9 Å². The number of carboxylic acids is 1. The molecule has 21 heavy (non-hydrogen) atoms. The van der Waals surface area contributed by atoms with Crippen LogP contribution in [-0.4, -0.2) is 37.0 Å². The van der Waals surface area contributed by atoms with Gasteiger partial charge in [-0.15, -0.1) is 11.3 Å². The number of hydrogen-bond acceptors (Lipinski definition) is 5. The van der Waals surface area contributed by atoms with Crippen LogP contribution in [0.5, 0.6) is 0 Å². The first-order valence-corrected chi connectivity index (χ1v) is 10.3. The van der Waals surface area contributed by atoms with Crippen LogP contribution in [0.1, 0.15) is 40.9 Å². The third kappa shape index (κ3) is 3.44. The van der Waals surface area contributed by atoms with Crippen molar-refractivity contribution in [2.75, 3.05) is 12.8 Å². The van der Waals surface area contributed by atoms with Crippen molar-refractivity contribution in [2.24, 2.45) is 0 Å². The Morgan fingerprint density at radius 1 is 1.48 bits per heavy atom. The SMILES string of the molecule is CSC1(CNS(=O)(=O)c2c(C)csc2C(=O)O)CCCC1. The Morgan fingerprint density at radius 2 is 2.10 bits per heavy atom. The third-order valence-electron chi connectivity index (χ3n) is 3.91. The highest BCUT2D eigenvalue weighted by molar-refractivity contribution is 8.00. The summed E-state index contributed by atoms with van der Waals surface area (Å²) in [6, 6.07) is 0. The van der Waals surface area contributed by atoms with Crippen molar-refractivity contribution >= 4 is 39.1 Å². The first-order valence-electron chi connectivity index (χ1n) is 6.67. The predicted octanol–water partition coefficient (Wildman–Crippen LogP) is 2.71. The Bertz CT molecular complexity index is 630. The number of aromatic carboxylic acids is 1. The van der Waals surface area contributed by atoms with Gasteiger partial charge in [0.25, 0.3) is 0 Å². The number of thiophene rings is 1. The zero-order chi connectivity index (χ0) is 15.7. The second-order valence-electron chi connectivity index (χ2n) is 5.30. The van der Waals surface area contributed by atoms with Gasteiger partial charge in [-0.2, -0.15) is 11.8 Å². The van der Waals surface area contributed by atoms with Gasteiger partial charge in [0.15, 0.2) is 0 Å². The highest BCUT2D eigenvalue weighted by atomic mass is 32.2. The van der Waals surface area contributed by atoms with E-state index in [-0.39, 0.29) is 14.5 Å². The Kier molecular flexibility index (Phi) is 5.02. The maximum atomic E-state index is 12.5. The Morgan fingerprint density at radius 3 is 2.62 bits per heavy atom. The predicted molar refractivity (Wildman–Crippen MR) is 85.9 cm³/mol. The summed E-state index contributed by atoms with van der Waals surface area (Å²) in [6.45, 7) is 1.97. The van der Waals surface area contributed by atoms with Gasteiger partial charge in [-0.3, -0.25) is 0 Å². The van der Waals surface area contributed by atoms with Gasteiger partial charge in [0.2, 0.25) is 10.0 Å². The number of carbonyl (C=O) groups is 1. The number of sulfonamides is 1. The van der Waals surface area contributed by atoms with Gasteiger partial charge < -0.3 is 5.11 Å². The van der Waals surface area contributed by atoms with Crippen LogP contribution >= 0.6 is 23.1 Å². The number of hydrogen-bond donors (Lipinski definition) is 2. The van der Waals surface area contributed by atoms with Crippen LogP contribution in [0.3, 0.4) is 0 Å². The van der Waals surface area contributed by atoms with Gasteiger partial charge >= 0.3 is 5.97 Å². The number of thioether (sulfide) groups is 1. The molecular weight excluding hydrogens is 330 g/mol. The fourth-order valence-electron chi connectivity index (χ4n) is 2.69. The molecule has 1 aliphatic carbocycles. The molecule has 0 saturated heterocycles. The molecule has 0 unspecified atom stereocenters. The normalized spacial score (nSPS) is 18.0. The number of nitrogens with one attached hydrogen (secondary N) is 1. The van der Waals surface area contributed by atoms with Gasteiger partial charge in [-0.1, -0.05) is 12.8 Å². The lowest BCUT2D eigenvalue weighted by atomic mass is 10.1. The number of aryl methyl sites for hydroxylation is 1. The zero-order valence-corrected chi connectivity index (χ0v) is 14.5. The molecule has 0 atom stereocenters. The average molecular weight is 349 g/mol. The molecule has 0 aliphatic heterocycles. The molecule has 0 aromatic carbocycles. The molecule has 0 amide bonds. The maximum Gasteiger partial charge on any atom is 0.347 e. The first kappa shape index (κ1) is 16.8. The summed E-state index contributed by atoms with van der Waals surface area (Å²) in [4.78, 5) is 11.0. The van der Waals surface area contributed by atoms with Crippen molar-refractivity contribution in [3.63, 3.8) is 0 Å². The smallest absolute Gasteiger partial charge is 0.347 e. The number of carboxylic acid groups (broad SMARTS) is 1. The lowest BCUT2D eigenvalue weighted by molar-refractivity contribution is 0.0698. The summed E-state index contributed by atoms with van der Waals surface area (Å²) in [5.41, 5.74) is 0.481. The topological polar surface area (TPSA) is 83.5 Å². The summed E-state index contributed by atoms with van der Waals surface area (Å²) in [7, 11) is -3.79. The van der Waals surface area contributed by atoms with E-state index >= 15 is 0 Å². The summed E-state index contributed by atoms with van der Waals surface area (Å²) in [5, 5.41) is 10.7. The molecule has 118 valence electrons. The standard InChI is InChI=1S/C13H19NO4S3/c1-9-7-20-10(12(15)16)11(9)21(17,18)14-8-13(19-2)5-3-4-6-13/h7,14H,3-6,8H2,1-2H3,(H,15,16). The van der Waals surface area contributed by atoms with E-state index in [2.05, 4.69) is 4.72 Å². The first-order chi connectivity index (χ1) is 9.81. The van der Waals surface area contributed by atoms with Crippen LogP contribution in [0.4, 0.5) is 0 Å². The quantitative estimate of drug-likeness (QED) is 0.825. The van der Waals surface area contributed by atoms with Crippen LogP contribution in [0.25, 0.3) is 0 Å². The molecule has 1 aromatic rings. The summed E-state index contributed by atoms with van der Waals surface area (Å²) in [6.07, 6.45) is 6.20. The fraction of sp³-hybridized carbons (Fsp3) is 0.615. The van der Waals surface area contributed by atoms with Crippen LogP contribution in [0.2, 0.25) is 0 Å². The molecule has 1 aliphatic rings. The van der Waals surface area contributed by atoms with Crippen LogP contribution < -0.4 is 4.72 Å². The minimum atomic E-state index is -3.79.